The molecule has 0 aliphatic heterocycles. The van der Waals surface area contributed by atoms with Gasteiger partial charge in [-0.15, -0.1) is 10.2 Å². The van der Waals surface area contributed by atoms with Crippen LogP contribution in [-0.4, -0.2) is 31.6 Å². The lowest BCUT2D eigenvalue weighted by Crippen LogP contribution is -2.15. The second-order valence-corrected chi connectivity index (χ2v) is 7.73. The third-order valence-corrected chi connectivity index (χ3v) is 5.23. The number of hydrogen-bond donors (Lipinski definition) is 2. The molecule has 154 valence electrons. The van der Waals surface area contributed by atoms with E-state index in [9.17, 15) is 4.79 Å². The smallest absolute Gasteiger partial charge is 0.236 e. The molecule has 2 aromatic heterocycles. The molecule has 3 rings (SSSR count). The Morgan fingerprint density at radius 3 is 2.69 bits per heavy atom. The Morgan fingerprint density at radius 1 is 1.21 bits per heavy atom. The van der Waals surface area contributed by atoms with Crippen LogP contribution in [0.4, 0.5) is 11.5 Å². The number of hydrogen-bond acceptors (Lipinski definition) is 7. The predicted octanol–water partition coefficient (Wildman–Crippen LogP) is 4.03. The number of aryl methyl sites for hydroxylation is 2. The lowest BCUT2D eigenvalue weighted by atomic mass is 10.2. The van der Waals surface area contributed by atoms with Crippen molar-refractivity contribution in [1.29, 1.82) is 0 Å². The van der Waals surface area contributed by atoms with Crippen LogP contribution in [0, 0.1) is 13.8 Å². The van der Waals surface area contributed by atoms with E-state index in [1.807, 2.05) is 12.1 Å². The SMILES string of the molecule is CCCCn1c(CNc2ccc(C)cc2)nnc1SCC(=O)Nc1cc(C)on1. The second-order valence-electron chi connectivity index (χ2n) is 6.78. The Hall–Kier alpha value is -2.81. The van der Waals surface area contributed by atoms with Gasteiger partial charge in [-0.3, -0.25) is 4.79 Å². The fourth-order valence-electron chi connectivity index (χ4n) is 2.68. The van der Waals surface area contributed by atoms with E-state index in [1.54, 1.807) is 13.0 Å². The molecule has 0 atom stereocenters. The normalized spacial score (nSPS) is 10.9. The fraction of sp³-hybridized carbons (Fsp3) is 0.400. The molecule has 9 heteroatoms. The van der Waals surface area contributed by atoms with Crippen molar-refractivity contribution in [3.63, 3.8) is 0 Å². The first-order chi connectivity index (χ1) is 14.0. The molecule has 29 heavy (non-hydrogen) atoms. The summed E-state index contributed by atoms with van der Waals surface area (Å²) < 4.78 is 7.05. The molecule has 8 nitrogen and oxygen atoms in total. The largest absolute Gasteiger partial charge is 0.378 e. The highest BCUT2D eigenvalue weighted by Gasteiger charge is 2.15. The molecule has 0 aliphatic rings. The van der Waals surface area contributed by atoms with Gasteiger partial charge >= 0.3 is 0 Å². The Morgan fingerprint density at radius 2 is 2.00 bits per heavy atom. The molecule has 2 heterocycles. The van der Waals surface area contributed by atoms with Gasteiger partial charge in [0.15, 0.2) is 16.8 Å². The van der Waals surface area contributed by atoms with Crippen LogP contribution in [0.15, 0.2) is 40.0 Å². The molecular formula is C20H26N6O2S. The molecule has 0 bridgehead atoms. The van der Waals surface area contributed by atoms with Crippen LogP contribution in [0.25, 0.3) is 0 Å². The zero-order chi connectivity index (χ0) is 20.6. The number of carbonyl (C=O) groups excluding carboxylic acids is 1. The summed E-state index contributed by atoms with van der Waals surface area (Å²) in [6.45, 7) is 7.38. The van der Waals surface area contributed by atoms with E-state index in [0.29, 0.717) is 18.1 Å². The first-order valence-corrected chi connectivity index (χ1v) is 10.6. The summed E-state index contributed by atoms with van der Waals surface area (Å²) >= 11 is 1.37. The third-order valence-electron chi connectivity index (χ3n) is 4.26. The number of benzene rings is 1. The minimum Gasteiger partial charge on any atom is -0.378 e. The molecule has 1 aromatic carbocycles. The summed E-state index contributed by atoms with van der Waals surface area (Å²) in [6, 6.07) is 9.92. The van der Waals surface area contributed by atoms with E-state index in [2.05, 4.69) is 56.5 Å². The zero-order valence-electron chi connectivity index (χ0n) is 16.9. The molecule has 2 N–H and O–H groups in total. The van der Waals surface area contributed by atoms with Gasteiger partial charge in [0.05, 0.1) is 12.3 Å². The monoisotopic (exact) mass is 414 g/mol. The molecule has 1 amide bonds. The number of anilines is 2. The minimum atomic E-state index is -0.160. The molecular weight excluding hydrogens is 388 g/mol. The second kappa shape index (κ2) is 10.1. The van der Waals surface area contributed by atoms with E-state index in [4.69, 9.17) is 4.52 Å². The number of unbranched alkanes of at least 4 members (excludes halogenated alkanes) is 1. The molecule has 0 saturated carbocycles. The van der Waals surface area contributed by atoms with Crippen molar-refractivity contribution in [1.82, 2.24) is 19.9 Å². The van der Waals surface area contributed by atoms with E-state index >= 15 is 0 Å². The van der Waals surface area contributed by atoms with Gasteiger partial charge in [-0.25, -0.2) is 0 Å². The quantitative estimate of drug-likeness (QED) is 0.483. The summed E-state index contributed by atoms with van der Waals surface area (Å²) in [7, 11) is 0. The van der Waals surface area contributed by atoms with E-state index < -0.39 is 0 Å². The standard InChI is InChI=1S/C20H26N6O2S/c1-4-5-10-26-18(12-21-16-8-6-14(2)7-9-16)23-24-20(26)29-13-19(27)22-17-11-15(3)28-25-17/h6-9,11,21H,4-5,10,12-13H2,1-3H3,(H,22,25,27). The highest BCUT2D eigenvalue weighted by atomic mass is 32.2. The number of nitrogens with zero attached hydrogens (tertiary/aromatic N) is 4. The fourth-order valence-corrected chi connectivity index (χ4v) is 3.47. The number of carbonyl (C=O) groups is 1. The Labute approximate surface area is 174 Å². The van der Waals surface area contributed by atoms with Crippen LogP contribution in [0.3, 0.4) is 0 Å². The van der Waals surface area contributed by atoms with Gasteiger partial charge in [-0.1, -0.05) is 48.0 Å². The van der Waals surface area contributed by atoms with E-state index in [1.165, 1.54) is 17.3 Å². The summed E-state index contributed by atoms with van der Waals surface area (Å²) in [5.41, 5.74) is 2.26. The van der Waals surface area contributed by atoms with Gasteiger partial charge in [0.1, 0.15) is 5.76 Å². The summed E-state index contributed by atoms with van der Waals surface area (Å²) in [4.78, 5) is 12.2. The highest BCUT2D eigenvalue weighted by molar-refractivity contribution is 7.99. The van der Waals surface area contributed by atoms with Crippen molar-refractivity contribution in [2.24, 2.45) is 0 Å². The third kappa shape index (κ3) is 6.08. The van der Waals surface area contributed by atoms with Crippen molar-refractivity contribution >= 4 is 29.2 Å². The Bertz CT molecular complexity index is 935. The highest BCUT2D eigenvalue weighted by Crippen LogP contribution is 2.20. The molecule has 0 fully saturated rings. The van der Waals surface area contributed by atoms with Crippen molar-refractivity contribution in [2.75, 3.05) is 16.4 Å². The van der Waals surface area contributed by atoms with Crippen LogP contribution in [0.5, 0.6) is 0 Å². The van der Waals surface area contributed by atoms with Gasteiger partial charge in [0.25, 0.3) is 0 Å². The average molecular weight is 415 g/mol. The average Bonchev–Trinajstić information content (AvgIpc) is 3.29. The van der Waals surface area contributed by atoms with Crippen molar-refractivity contribution in [3.05, 3.63) is 47.5 Å². The maximum atomic E-state index is 12.2. The van der Waals surface area contributed by atoms with Crippen LogP contribution in [0.1, 0.15) is 36.9 Å². The Balaban J connectivity index is 1.61. The van der Waals surface area contributed by atoms with Crippen molar-refractivity contribution in [2.45, 2.75) is 51.9 Å². The predicted molar refractivity (Wildman–Crippen MR) is 114 cm³/mol. The summed E-state index contributed by atoms with van der Waals surface area (Å²) in [6.07, 6.45) is 2.09. The Kier molecular flexibility index (Phi) is 7.29. The molecule has 0 aliphatic carbocycles. The lowest BCUT2D eigenvalue weighted by molar-refractivity contribution is -0.113. The van der Waals surface area contributed by atoms with Gasteiger partial charge in [-0.05, 0) is 32.4 Å². The summed E-state index contributed by atoms with van der Waals surface area (Å²) in [5, 5.41) is 19.3. The lowest BCUT2D eigenvalue weighted by Gasteiger charge is -2.11. The van der Waals surface area contributed by atoms with E-state index in [0.717, 1.165) is 36.1 Å². The summed E-state index contributed by atoms with van der Waals surface area (Å²) in [5.74, 6) is 1.99. The molecule has 0 saturated heterocycles. The zero-order valence-corrected chi connectivity index (χ0v) is 17.8. The van der Waals surface area contributed by atoms with Crippen molar-refractivity contribution in [3.8, 4) is 0 Å². The number of thioether (sulfide) groups is 1. The van der Waals surface area contributed by atoms with Gasteiger partial charge in [0.2, 0.25) is 5.91 Å². The van der Waals surface area contributed by atoms with Crippen LogP contribution in [0.2, 0.25) is 0 Å². The molecule has 0 spiro atoms. The first-order valence-electron chi connectivity index (χ1n) is 9.63. The van der Waals surface area contributed by atoms with Crippen LogP contribution in [-0.2, 0) is 17.9 Å². The van der Waals surface area contributed by atoms with Crippen LogP contribution < -0.4 is 10.6 Å². The molecule has 3 aromatic rings. The number of amides is 1. The number of nitrogens with one attached hydrogen (secondary N) is 2. The van der Waals surface area contributed by atoms with Crippen LogP contribution >= 0.6 is 11.8 Å². The first kappa shape index (κ1) is 20.9. The van der Waals surface area contributed by atoms with Gasteiger partial charge in [0, 0.05) is 18.3 Å². The van der Waals surface area contributed by atoms with E-state index in [-0.39, 0.29) is 11.7 Å². The number of aromatic nitrogens is 4. The minimum absolute atomic E-state index is 0.160. The maximum Gasteiger partial charge on any atom is 0.236 e. The van der Waals surface area contributed by atoms with Gasteiger partial charge < -0.3 is 19.7 Å². The van der Waals surface area contributed by atoms with Gasteiger partial charge in [-0.2, -0.15) is 0 Å². The molecule has 0 unspecified atom stereocenters. The number of rotatable bonds is 10. The maximum absolute atomic E-state index is 12.2. The topological polar surface area (TPSA) is 97.9 Å². The molecule has 0 radical (unpaired) electrons. The van der Waals surface area contributed by atoms with Crippen molar-refractivity contribution < 1.29 is 9.32 Å².